The standard InChI is InChI=1S/C14H15N3O2/c1-17(9-10-5-7-16-8-6-10)14(19)11-3-2-4-12(15)13(11)18/h2-8,18H,9,15H2,1H3. The van der Waals surface area contributed by atoms with Gasteiger partial charge in [0.25, 0.3) is 5.91 Å². The molecule has 1 aromatic carbocycles. The molecule has 98 valence electrons. The molecule has 0 radical (unpaired) electrons. The second-order valence-corrected chi connectivity index (χ2v) is 4.26. The molecule has 2 aromatic rings. The Balaban J connectivity index is 2.18. The van der Waals surface area contributed by atoms with Crippen molar-refractivity contribution in [1.82, 2.24) is 9.88 Å². The van der Waals surface area contributed by atoms with Crippen molar-refractivity contribution in [2.75, 3.05) is 12.8 Å². The van der Waals surface area contributed by atoms with Crippen LogP contribution in [0, 0.1) is 0 Å². The number of benzene rings is 1. The van der Waals surface area contributed by atoms with Crippen LogP contribution < -0.4 is 5.73 Å². The summed E-state index contributed by atoms with van der Waals surface area (Å²) in [5.74, 6) is -0.448. The molecule has 1 heterocycles. The molecule has 0 aliphatic carbocycles. The van der Waals surface area contributed by atoms with Gasteiger partial charge in [-0.2, -0.15) is 0 Å². The number of phenolic OH excluding ortho intramolecular Hbond substituents is 1. The highest BCUT2D eigenvalue weighted by Crippen LogP contribution is 2.25. The molecule has 0 bridgehead atoms. The second kappa shape index (κ2) is 5.39. The van der Waals surface area contributed by atoms with Crippen LogP contribution in [0.15, 0.2) is 42.7 Å². The summed E-state index contributed by atoms with van der Waals surface area (Å²) in [5.41, 5.74) is 6.95. The third-order valence-electron chi connectivity index (χ3n) is 2.81. The largest absolute Gasteiger partial charge is 0.505 e. The van der Waals surface area contributed by atoms with Crippen LogP contribution in [0.2, 0.25) is 0 Å². The fraction of sp³-hybridized carbons (Fsp3) is 0.143. The number of nitrogen functional groups attached to an aromatic ring is 1. The van der Waals surface area contributed by atoms with Gasteiger partial charge in [-0.25, -0.2) is 0 Å². The average Bonchev–Trinajstić information content (AvgIpc) is 2.42. The van der Waals surface area contributed by atoms with E-state index in [0.29, 0.717) is 6.54 Å². The number of rotatable bonds is 3. The van der Waals surface area contributed by atoms with Gasteiger partial charge >= 0.3 is 0 Å². The monoisotopic (exact) mass is 257 g/mol. The van der Waals surface area contributed by atoms with Gasteiger partial charge in [0.1, 0.15) is 0 Å². The molecule has 0 saturated carbocycles. The molecule has 0 aliphatic rings. The summed E-state index contributed by atoms with van der Waals surface area (Å²) in [6.45, 7) is 0.440. The molecule has 0 atom stereocenters. The Labute approximate surface area is 111 Å². The van der Waals surface area contributed by atoms with Crippen LogP contribution in [0.3, 0.4) is 0 Å². The van der Waals surface area contributed by atoms with Crippen molar-refractivity contribution in [2.24, 2.45) is 0 Å². The number of nitrogens with zero attached hydrogens (tertiary/aromatic N) is 2. The maximum absolute atomic E-state index is 12.2. The zero-order valence-electron chi connectivity index (χ0n) is 10.6. The lowest BCUT2D eigenvalue weighted by Crippen LogP contribution is -2.26. The highest BCUT2D eigenvalue weighted by molar-refractivity contribution is 5.98. The first kappa shape index (κ1) is 12.9. The van der Waals surface area contributed by atoms with Gasteiger partial charge in [0.2, 0.25) is 0 Å². The highest BCUT2D eigenvalue weighted by atomic mass is 16.3. The van der Waals surface area contributed by atoms with Gasteiger partial charge < -0.3 is 15.7 Å². The summed E-state index contributed by atoms with van der Waals surface area (Å²) in [7, 11) is 1.67. The maximum Gasteiger partial charge on any atom is 0.257 e. The third-order valence-corrected chi connectivity index (χ3v) is 2.81. The van der Waals surface area contributed by atoms with E-state index in [1.54, 1.807) is 37.6 Å². The van der Waals surface area contributed by atoms with Gasteiger partial charge in [0.05, 0.1) is 11.3 Å². The van der Waals surface area contributed by atoms with E-state index >= 15 is 0 Å². The molecule has 0 aliphatic heterocycles. The quantitative estimate of drug-likeness (QED) is 0.647. The number of phenols is 1. The molecular weight excluding hydrogens is 242 g/mol. The number of para-hydroxylation sites is 1. The molecular formula is C14H15N3O2. The number of pyridine rings is 1. The Morgan fingerprint density at radius 3 is 2.68 bits per heavy atom. The predicted octanol–water partition coefficient (Wildman–Crippen LogP) is 1.64. The van der Waals surface area contributed by atoms with Crippen LogP contribution in [-0.2, 0) is 6.54 Å². The first-order valence-electron chi connectivity index (χ1n) is 5.81. The molecule has 1 aromatic heterocycles. The molecule has 1 amide bonds. The van der Waals surface area contributed by atoms with E-state index in [1.807, 2.05) is 12.1 Å². The fourth-order valence-corrected chi connectivity index (χ4v) is 1.77. The summed E-state index contributed by atoms with van der Waals surface area (Å²) >= 11 is 0. The van der Waals surface area contributed by atoms with Crippen LogP contribution >= 0.6 is 0 Å². The summed E-state index contributed by atoms with van der Waals surface area (Å²) in [4.78, 5) is 17.7. The smallest absolute Gasteiger partial charge is 0.257 e. The zero-order valence-corrected chi connectivity index (χ0v) is 10.6. The van der Waals surface area contributed by atoms with Crippen molar-refractivity contribution >= 4 is 11.6 Å². The van der Waals surface area contributed by atoms with Crippen LogP contribution in [0.5, 0.6) is 5.75 Å². The lowest BCUT2D eigenvalue weighted by Gasteiger charge is -2.18. The number of aromatic hydroxyl groups is 1. The fourth-order valence-electron chi connectivity index (χ4n) is 1.77. The van der Waals surface area contributed by atoms with Crippen molar-refractivity contribution in [3.8, 4) is 5.75 Å². The minimum absolute atomic E-state index is 0.172. The van der Waals surface area contributed by atoms with Gasteiger partial charge in [-0.3, -0.25) is 9.78 Å². The molecule has 5 heteroatoms. The molecule has 19 heavy (non-hydrogen) atoms. The first-order valence-corrected chi connectivity index (χ1v) is 5.81. The van der Waals surface area contributed by atoms with E-state index in [0.717, 1.165) is 5.56 Å². The van der Waals surface area contributed by atoms with Gasteiger partial charge in [0.15, 0.2) is 5.75 Å². The Morgan fingerprint density at radius 2 is 2.00 bits per heavy atom. The van der Waals surface area contributed by atoms with Crippen LogP contribution in [0.1, 0.15) is 15.9 Å². The van der Waals surface area contributed by atoms with E-state index < -0.39 is 0 Å². The molecule has 0 saturated heterocycles. The van der Waals surface area contributed by atoms with Gasteiger partial charge in [-0.15, -0.1) is 0 Å². The van der Waals surface area contributed by atoms with Crippen LogP contribution in [0.25, 0.3) is 0 Å². The lowest BCUT2D eigenvalue weighted by atomic mass is 10.1. The number of anilines is 1. The van der Waals surface area contributed by atoms with Gasteiger partial charge in [-0.05, 0) is 29.8 Å². The number of amides is 1. The number of hydrogen-bond acceptors (Lipinski definition) is 4. The molecule has 5 nitrogen and oxygen atoms in total. The number of hydrogen-bond donors (Lipinski definition) is 2. The van der Waals surface area contributed by atoms with Crippen LogP contribution in [-0.4, -0.2) is 27.9 Å². The average molecular weight is 257 g/mol. The Hall–Kier alpha value is -2.56. The highest BCUT2D eigenvalue weighted by Gasteiger charge is 2.17. The normalized spacial score (nSPS) is 10.2. The van der Waals surface area contributed by atoms with Crippen molar-refractivity contribution in [3.05, 3.63) is 53.9 Å². The Bertz CT molecular complexity index is 584. The van der Waals surface area contributed by atoms with Crippen molar-refractivity contribution < 1.29 is 9.90 Å². The molecule has 3 N–H and O–H groups in total. The number of aromatic nitrogens is 1. The molecule has 2 rings (SSSR count). The molecule has 0 unspecified atom stereocenters. The minimum Gasteiger partial charge on any atom is -0.505 e. The van der Waals surface area contributed by atoms with E-state index in [9.17, 15) is 9.90 Å². The van der Waals surface area contributed by atoms with Gasteiger partial charge in [-0.1, -0.05) is 6.07 Å². The van der Waals surface area contributed by atoms with Crippen LogP contribution in [0.4, 0.5) is 5.69 Å². The topological polar surface area (TPSA) is 79.5 Å². The summed E-state index contributed by atoms with van der Waals surface area (Å²) in [5, 5.41) is 9.80. The number of carbonyl (C=O) groups is 1. The summed E-state index contributed by atoms with van der Waals surface area (Å²) < 4.78 is 0. The SMILES string of the molecule is CN(Cc1ccncc1)C(=O)c1cccc(N)c1O. The molecule has 0 spiro atoms. The van der Waals surface area contributed by atoms with E-state index in [1.165, 1.54) is 4.90 Å². The molecule has 0 fully saturated rings. The van der Waals surface area contributed by atoms with E-state index in [2.05, 4.69) is 4.98 Å². The second-order valence-electron chi connectivity index (χ2n) is 4.26. The van der Waals surface area contributed by atoms with Gasteiger partial charge in [0, 0.05) is 26.0 Å². The first-order chi connectivity index (χ1) is 9.09. The predicted molar refractivity (Wildman–Crippen MR) is 72.6 cm³/mol. The van der Waals surface area contributed by atoms with Crippen molar-refractivity contribution in [2.45, 2.75) is 6.54 Å². The van der Waals surface area contributed by atoms with E-state index in [4.69, 9.17) is 5.73 Å². The van der Waals surface area contributed by atoms with E-state index in [-0.39, 0.29) is 22.9 Å². The summed E-state index contributed by atoms with van der Waals surface area (Å²) in [6.07, 6.45) is 3.34. The number of nitrogens with two attached hydrogens (primary N) is 1. The third kappa shape index (κ3) is 2.82. The maximum atomic E-state index is 12.2. The Morgan fingerprint density at radius 1 is 1.32 bits per heavy atom. The van der Waals surface area contributed by atoms with Crippen molar-refractivity contribution in [3.63, 3.8) is 0 Å². The van der Waals surface area contributed by atoms with Crippen molar-refractivity contribution in [1.29, 1.82) is 0 Å². The summed E-state index contributed by atoms with van der Waals surface area (Å²) in [6, 6.07) is 8.42. The Kier molecular flexibility index (Phi) is 3.66. The lowest BCUT2D eigenvalue weighted by molar-refractivity contribution is 0.0782. The number of carbonyl (C=O) groups excluding carboxylic acids is 1. The minimum atomic E-state index is -0.276. The zero-order chi connectivity index (χ0) is 13.8.